The molecule has 8 heteroatoms. The van der Waals surface area contributed by atoms with E-state index in [-0.39, 0.29) is 5.92 Å². The van der Waals surface area contributed by atoms with Crippen molar-refractivity contribution in [1.82, 2.24) is 4.31 Å². The molecular weight excluding hydrogens is 316 g/mol. The standard InChI is InChI=1S/C15H24N4O3S/c1-22-11-13-5-3-4-6-14(13)18-15(16)17-9-12-7-8-19(10-12)23(2,20)21/h3-6,12H,7-11H2,1-2H3,(H3,16,17,18). The van der Waals surface area contributed by atoms with Crippen molar-refractivity contribution < 1.29 is 13.2 Å². The average molecular weight is 340 g/mol. The Morgan fingerprint density at radius 2 is 2.22 bits per heavy atom. The monoisotopic (exact) mass is 340 g/mol. The average Bonchev–Trinajstić information content (AvgIpc) is 2.96. The van der Waals surface area contributed by atoms with Gasteiger partial charge in [0, 0.05) is 38.0 Å². The van der Waals surface area contributed by atoms with E-state index in [1.165, 1.54) is 10.6 Å². The molecule has 0 saturated carbocycles. The van der Waals surface area contributed by atoms with Crippen molar-refractivity contribution >= 4 is 21.7 Å². The first kappa shape index (κ1) is 17.7. The number of methoxy groups -OCH3 is 1. The molecule has 3 N–H and O–H groups in total. The fourth-order valence-corrected chi connectivity index (χ4v) is 3.49. The molecule has 23 heavy (non-hydrogen) atoms. The fourth-order valence-electron chi connectivity index (χ4n) is 2.58. The summed E-state index contributed by atoms with van der Waals surface area (Å²) in [6, 6.07) is 7.72. The van der Waals surface area contributed by atoms with Gasteiger partial charge >= 0.3 is 0 Å². The van der Waals surface area contributed by atoms with Crippen molar-refractivity contribution in [3.05, 3.63) is 29.8 Å². The number of para-hydroxylation sites is 1. The number of hydrogen-bond donors (Lipinski definition) is 2. The second kappa shape index (κ2) is 7.76. The molecule has 1 aliphatic rings. The zero-order chi connectivity index (χ0) is 16.9. The molecule has 7 nitrogen and oxygen atoms in total. The van der Waals surface area contributed by atoms with Gasteiger partial charge in [-0.15, -0.1) is 0 Å². The van der Waals surface area contributed by atoms with Gasteiger partial charge in [-0.05, 0) is 18.4 Å². The van der Waals surface area contributed by atoms with Crippen LogP contribution in [0.3, 0.4) is 0 Å². The smallest absolute Gasteiger partial charge is 0.211 e. The van der Waals surface area contributed by atoms with Gasteiger partial charge in [0.15, 0.2) is 5.96 Å². The Balaban J connectivity index is 1.92. The second-order valence-corrected chi connectivity index (χ2v) is 7.70. The number of nitrogens with one attached hydrogen (secondary N) is 1. The maximum Gasteiger partial charge on any atom is 0.211 e. The highest BCUT2D eigenvalue weighted by molar-refractivity contribution is 7.88. The van der Waals surface area contributed by atoms with Crippen molar-refractivity contribution in [3.8, 4) is 0 Å². The zero-order valence-electron chi connectivity index (χ0n) is 13.5. The molecule has 1 atom stereocenters. The highest BCUT2D eigenvalue weighted by Gasteiger charge is 2.28. The van der Waals surface area contributed by atoms with E-state index < -0.39 is 10.0 Å². The van der Waals surface area contributed by atoms with E-state index in [0.717, 1.165) is 17.7 Å². The molecule has 1 aromatic rings. The molecule has 0 aromatic heterocycles. The number of anilines is 1. The number of aliphatic imine (C=N–C) groups is 1. The van der Waals surface area contributed by atoms with E-state index in [9.17, 15) is 8.42 Å². The first-order valence-electron chi connectivity index (χ1n) is 7.49. The number of nitrogens with zero attached hydrogens (tertiary/aromatic N) is 2. The van der Waals surface area contributed by atoms with Crippen molar-refractivity contribution in [2.75, 3.05) is 38.3 Å². The minimum absolute atomic E-state index is 0.208. The van der Waals surface area contributed by atoms with Crippen LogP contribution in [0.1, 0.15) is 12.0 Å². The Bertz CT molecular complexity index is 660. The Morgan fingerprint density at radius 3 is 2.87 bits per heavy atom. The van der Waals surface area contributed by atoms with Gasteiger partial charge in [0.05, 0.1) is 12.9 Å². The number of sulfonamides is 1. The summed E-state index contributed by atoms with van der Waals surface area (Å²) >= 11 is 0. The van der Waals surface area contributed by atoms with Crippen LogP contribution in [0.25, 0.3) is 0 Å². The van der Waals surface area contributed by atoms with Crippen molar-refractivity contribution in [2.45, 2.75) is 13.0 Å². The van der Waals surface area contributed by atoms with Crippen LogP contribution in [-0.2, 0) is 21.4 Å². The fraction of sp³-hybridized carbons (Fsp3) is 0.533. The number of nitrogens with two attached hydrogens (primary N) is 1. The van der Waals surface area contributed by atoms with Crippen LogP contribution in [0.4, 0.5) is 5.69 Å². The molecule has 2 rings (SSSR count). The van der Waals surface area contributed by atoms with Crippen LogP contribution in [0, 0.1) is 5.92 Å². The molecule has 0 aliphatic carbocycles. The third kappa shape index (κ3) is 5.19. The van der Waals surface area contributed by atoms with E-state index in [2.05, 4.69) is 10.3 Å². The highest BCUT2D eigenvalue weighted by Crippen LogP contribution is 2.19. The minimum Gasteiger partial charge on any atom is -0.380 e. The maximum absolute atomic E-state index is 11.5. The van der Waals surface area contributed by atoms with E-state index in [4.69, 9.17) is 10.5 Å². The topological polar surface area (TPSA) is 97.0 Å². The molecule has 1 heterocycles. The Morgan fingerprint density at radius 1 is 1.48 bits per heavy atom. The summed E-state index contributed by atoms with van der Waals surface area (Å²) in [4.78, 5) is 4.34. The van der Waals surface area contributed by atoms with Crippen LogP contribution in [-0.4, -0.2) is 51.7 Å². The Labute approximate surface area is 137 Å². The number of rotatable bonds is 6. The van der Waals surface area contributed by atoms with Crippen molar-refractivity contribution in [3.63, 3.8) is 0 Å². The lowest BCUT2D eigenvalue weighted by molar-refractivity contribution is 0.185. The summed E-state index contributed by atoms with van der Waals surface area (Å²) in [5, 5.41) is 3.08. The van der Waals surface area contributed by atoms with E-state index in [1.807, 2.05) is 24.3 Å². The summed E-state index contributed by atoms with van der Waals surface area (Å²) in [6.45, 7) is 2.07. The molecule has 1 unspecified atom stereocenters. The molecule has 0 spiro atoms. The summed E-state index contributed by atoms with van der Waals surface area (Å²) in [5.41, 5.74) is 7.79. The van der Waals surface area contributed by atoms with Gasteiger partial charge in [0.25, 0.3) is 0 Å². The van der Waals surface area contributed by atoms with Gasteiger partial charge in [-0.25, -0.2) is 12.7 Å². The molecule has 128 valence electrons. The number of ether oxygens (including phenoxy) is 1. The van der Waals surface area contributed by atoms with Crippen molar-refractivity contribution in [1.29, 1.82) is 0 Å². The molecule has 0 bridgehead atoms. The van der Waals surface area contributed by atoms with Crippen LogP contribution < -0.4 is 11.1 Å². The maximum atomic E-state index is 11.5. The lowest BCUT2D eigenvalue weighted by Crippen LogP contribution is -2.28. The van der Waals surface area contributed by atoms with Crippen LogP contribution >= 0.6 is 0 Å². The van der Waals surface area contributed by atoms with Crippen LogP contribution in [0.2, 0.25) is 0 Å². The number of hydrogen-bond acceptors (Lipinski definition) is 4. The van der Waals surface area contributed by atoms with E-state index >= 15 is 0 Å². The lowest BCUT2D eigenvalue weighted by Gasteiger charge is -2.13. The first-order chi connectivity index (χ1) is 10.9. The highest BCUT2D eigenvalue weighted by atomic mass is 32.2. The largest absolute Gasteiger partial charge is 0.380 e. The van der Waals surface area contributed by atoms with Gasteiger partial charge in [0.1, 0.15) is 0 Å². The molecular formula is C15H24N4O3S. The van der Waals surface area contributed by atoms with Gasteiger partial charge < -0.3 is 15.8 Å². The predicted octanol–water partition coefficient (Wildman–Crippen LogP) is 0.841. The summed E-state index contributed by atoms with van der Waals surface area (Å²) < 4.78 is 29.6. The lowest BCUT2D eigenvalue weighted by atomic mass is 10.1. The van der Waals surface area contributed by atoms with Gasteiger partial charge in [-0.2, -0.15) is 0 Å². The van der Waals surface area contributed by atoms with Gasteiger partial charge in [-0.1, -0.05) is 18.2 Å². The predicted molar refractivity (Wildman–Crippen MR) is 91.8 cm³/mol. The second-order valence-electron chi connectivity index (χ2n) is 5.72. The number of guanidine groups is 1. The summed E-state index contributed by atoms with van der Waals surface area (Å²) in [5.74, 6) is 0.533. The van der Waals surface area contributed by atoms with Gasteiger partial charge in [0.2, 0.25) is 10.0 Å². The van der Waals surface area contributed by atoms with E-state index in [1.54, 1.807) is 7.11 Å². The third-order valence-corrected chi connectivity index (χ3v) is 5.09. The third-order valence-electron chi connectivity index (χ3n) is 3.82. The molecule has 1 saturated heterocycles. The molecule has 0 amide bonds. The quantitative estimate of drug-likeness (QED) is 0.591. The van der Waals surface area contributed by atoms with Crippen LogP contribution in [0.5, 0.6) is 0 Å². The van der Waals surface area contributed by atoms with Crippen molar-refractivity contribution in [2.24, 2.45) is 16.6 Å². The molecule has 0 radical (unpaired) electrons. The normalized spacial score (nSPS) is 19.9. The van der Waals surface area contributed by atoms with E-state index in [0.29, 0.717) is 32.2 Å². The van der Waals surface area contributed by atoms with Gasteiger partial charge in [-0.3, -0.25) is 4.99 Å². The molecule has 1 fully saturated rings. The first-order valence-corrected chi connectivity index (χ1v) is 9.34. The SMILES string of the molecule is COCc1ccccc1NC(N)=NCC1CCN(S(C)(=O)=O)C1. The molecule has 1 aromatic carbocycles. The Hall–Kier alpha value is -1.64. The zero-order valence-corrected chi connectivity index (χ0v) is 14.3. The minimum atomic E-state index is -3.11. The number of benzene rings is 1. The summed E-state index contributed by atoms with van der Waals surface area (Å²) in [7, 11) is -1.47. The summed E-state index contributed by atoms with van der Waals surface area (Å²) in [6.07, 6.45) is 2.05. The Kier molecular flexibility index (Phi) is 5.97. The van der Waals surface area contributed by atoms with Crippen LogP contribution in [0.15, 0.2) is 29.3 Å². The molecule has 1 aliphatic heterocycles.